The van der Waals surface area contributed by atoms with E-state index in [9.17, 15) is 8.42 Å². The van der Waals surface area contributed by atoms with Gasteiger partial charge in [0, 0.05) is 5.92 Å². The molecule has 4 heteroatoms. The van der Waals surface area contributed by atoms with Crippen LogP contribution in [0.2, 0.25) is 0 Å². The Hall–Kier alpha value is -0.870. The van der Waals surface area contributed by atoms with Crippen molar-refractivity contribution in [2.24, 2.45) is 5.92 Å². The van der Waals surface area contributed by atoms with Crippen molar-refractivity contribution in [1.29, 1.82) is 0 Å². The van der Waals surface area contributed by atoms with Gasteiger partial charge in [-0.25, -0.2) is 8.42 Å². The number of ether oxygens (including phenoxy) is 1. The average Bonchev–Trinajstić information content (AvgIpc) is 2.86. The standard InChI is InChI=1S/C15H22O3S/c1-3-4-5-13-10-18-11-15(13)19(16,17)14-8-6-12(2)7-9-14/h6-9,13,15H,3-5,10-11H2,1-2H3/t13-,15-/m0/s1. The zero-order valence-electron chi connectivity index (χ0n) is 11.6. The molecule has 0 N–H and O–H groups in total. The number of sulfone groups is 1. The van der Waals surface area contributed by atoms with Crippen LogP contribution in [-0.4, -0.2) is 26.9 Å². The van der Waals surface area contributed by atoms with Gasteiger partial charge in [0.25, 0.3) is 0 Å². The van der Waals surface area contributed by atoms with Crippen LogP contribution in [-0.2, 0) is 14.6 Å². The summed E-state index contributed by atoms with van der Waals surface area (Å²) in [4.78, 5) is 0.426. The lowest BCUT2D eigenvalue weighted by Gasteiger charge is -2.18. The third-order valence-electron chi connectivity index (χ3n) is 3.82. The van der Waals surface area contributed by atoms with E-state index in [1.807, 2.05) is 19.1 Å². The van der Waals surface area contributed by atoms with E-state index in [1.54, 1.807) is 12.1 Å². The quantitative estimate of drug-likeness (QED) is 0.834. The van der Waals surface area contributed by atoms with Crippen LogP contribution in [0.4, 0.5) is 0 Å². The van der Waals surface area contributed by atoms with Crippen LogP contribution < -0.4 is 0 Å². The fourth-order valence-corrected chi connectivity index (χ4v) is 4.42. The molecular weight excluding hydrogens is 260 g/mol. The SMILES string of the molecule is CCCC[C@H]1COC[C@@H]1S(=O)(=O)c1ccc(C)cc1. The second kappa shape index (κ2) is 6.06. The number of hydrogen-bond acceptors (Lipinski definition) is 3. The van der Waals surface area contributed by atoms with E-state index in [2.05, 4.69) is 6.92 Å². The van der Waals surface area contributed by atoms with E-state index < -0.39 is 9.84 Å². The van der Waals surface area contributed by atoms with Crippen LogP contribution in [0, 0.1) is 12.8 Å². The molecule has 0 saturated carbocycles. The molecule has 0 aliphatic carbocycles. The Morgan fingerprint density at radius 2 is 1.89 bits per heavy atom. The smallest absolute Gasteiger partial charge is 0.183 e. The van der Waals surface area contributed by atoms with E-state index in [0.717, 1.165) is 24.8 Å². The summed E-state index contributed by atoms with van der Waals surface area (Å²) in [6.07, 6.45) is 3.09. The molecule has 0 unspecified atom stereocenters. The Kier molecular flexibility index (Phi) is 4.63. The summed E-state index contributed by atoms with van der Waals surface area (Å²) >= 11 is 0. The fourth-order valence-electron chi connectivity index (χ4n) is 2.56. The molecule has 2 rings (SSSR count). The van der Waals surface area contributed by atoms with Crippen LogP contribution in [0.1, 0.15) is 31.7 Å². The minimum Gasteiger partial charge on any atom is -0.380 e. The summed E-state index contributed by atoms with van der Waals surface area (Å²) in [5.41, 5.74) is 1.07. The molecule has 3 nitrogen and oxygen atoms in total. The maximum atomic E-state index is 12.6. The zero-order valence-corrected chi connectivity index (χ0v) is 12.4. The van der Waals surface area contributed by atoms with Crippen molar-refractivity contribution in [3.63, 3.8) is 0 Å². The van der Waals surface area contributed by atoms with Crippen molar-refractivity contribution in [1.82, 2.24) is 0 Å². The normalized spacial score (nSPS) is 23.7. The molecule has 0 amide bonds. The lowest BCUT2D eigenvalue weighted by atomic mass is 10.0. The topological polar surface area (TPSA) is 43.4 Å². The largest absolute Gasteiger partial charge is 0.380 e. The number of hydrogen-bond donors (Lipinski definition) is 0. The van der Waals surface area contributed by atoms with Crippen LogP contribution in [0.3, 0.4) is 0 Å². The van der Waals surface area contributed by atoms with Gasteiger partial charge in [-0.3, -0.25) is 0 Å². The first kappa shape index (κ1) is 14.5. The van der Waals surface area contributed by atoms with Gasteiger partial charge >= 0.3 is 0 Å². The highest BCUT2D eigenvalue weighted by molar-refractivity contribution is 7.92. The average molecular weight is 282 g/mol. The number of aryl methyl sites for hydroxylation is 1. The van der Waals surface area contributed by atoms with Crippen LogP contribution in [0.15, 0.2) is 29.2 Å². The minimum atomic E-state index is -3.26. The van der Waals surface area contributed by atoms with Crippen molar-refractivity contribution in [2.75, 3.05) is 13.2 Å². The van der Waals surface area contributed by atoms with Gasteiger partial charge in [-0.2, -0.15) is 0 Å². The molecule has 0 aromatic heterocycles. The van der Waals surface area contributed by atoms with E-state index in [1.165, 1.54) is 0 Å². The van der Waals surface area contributed by atoms with Gasteiger partial charge in [0.15, 0.2) is 9.84 Å². The number of unbranched alkanes of at least 4 members (excludes halogenated alkanes) is 1. The first-order chi connectivity index (χ1) is 9.05. The molecule has 0 bridgehead atoms. The third kappa shape index (κ3) is 3.18. The van der Waals surface area contributed by atoms with Crippen molar-refractivity contribution in [3.8, 4) is 0 Å². The number of rotatable bonds is 5. The van der Waals surface area contributed by atoms with Gasteiger partial charge in [0.2, 0.25) is 0 Å². The summed E-state index contributed by atoms with van der Waals surface area (Å²) in [5.74, 6) is 0.145. The van der Waals surface area contributed by atoms with Gasteiger partial charge in [-0.15, -0.1) is 0 Å². The lowest BCUT2D eigenvalue weighted by Crippen LogP contribution is -2.29. The molecule has 1 aliphatic rings. The zero-order chi connectivity index (χ0) is 13.9. The Labute approximate surface area is 115 Å². The van der Waals surface area contributed by atoms with E-state index in [-0.39, 0.29) is 11.2 Å². The number of benzene rings is 1. The second-order valence-electron chi connectivity index (χ2n) is 5.34. The van der Waals surface area contributed by atoms with Gasteiger partial charge in [0.05, 0.1) is 23.4 Å². The summed E-state index contributed by atoms with van der Waals surface area (Å²) in [6.45, 7) is 5.00. The monoisotopic (exact) mass is 282 g/mol. The maximum Gasteiger partial charge on any atom is 0.183 e. The van der Waals surface area contributed by atoms with Crippen molar-refractivity contribution in [2.45, 2.75) is 43.3 Å². The van der Waals surface area contributed by atoms with E-state index in [0.29, 0.717) is 18.1 Å². The Morgan fingerprint density at radius 1 is 1.21 bits per heavy atom. The van der Waals surface area contributed by atoms with Gasteiger partial charge in [-0.05, 0) is 25.5 Å². The molecule has 1 aromatic rings. The fraction of sp³-hybridized carbons (Fsp3) is 0.600. The van der Waals surface area contributed by atoms with Gasteiger partial charge < -0.3 is 4.74 Å². The van der Waals surface area contributed by atoms with Crippen molar-refractivity contribution in [3.05, 3.63) is 29.8 Å². The summed E-state index contributed by atoms with van der Waals surface area (Å²) in [5, 5.41) is -0.373. The molecule has 1 aromatic carbocycles. The highest BCUT2D eigenvalue weighted by Crippen LogP contribution is 2.30. The molecule has 0 spiro atoms. The Bertz CT molecular complexity index is 505. The minimum absolute atomic E-state index is 0.145. The van der Waals surface area contributed by atoms with Crippen LogP contribution >= 0.6 is 0 Å². The first-order valence-corrected chi connectivity index (χ1v) is 8.48. The summed E-state index contributed by atoms with van der Waals surface area (Å²) in [6, 6.07) is 7.12. The first-order valence-electron chi connectivity index (χ1n) is 6.94. The predicted octanol–water partition coefficient (Wildman–Crippen LogP) is 2.97. The van der Waals surface area contributed by atoms with E-state index in [4.69, 9.17) is 4.74 Å². The Morgan fingerprint density at radius 3 is 2.53 bits per heavy atom. The molecular formula is C15H22O3S. The second-order valence-corrected chi connectivity index (χ2v) is 7.50. The van der Waals surface area contributed by atoms with E-state index >= 15 is 0 Å². The summed E-state index contributed by atoms with van der Waals surface area (Å²) < 4.78 is 30.7. The van der Waals surface area contributed by atoms with Crippen molar-refractivity contribution >= 4 is 9.84 Å². The molecule has 106 valence electrons. The highest BCUT2D eigenvalue weighted by Gasteiger charge is 2.38. The molecule has 0 radical (unpaired) electrons. The van der Waals surface area contributed by atoms with Crippen LogP contribution in [0.25, 0.3) is 0 Å². The lowest BCUT2D eigenvalue weighted by molar-refractivity contribution is 0.184. The predicted molar refractivity (Wildman–Crippen MR) is 76.0 cm³/mol. The van der Waals surface area contributed by atoms with Gasteiger partial charge in [0.1, 0.15) is 0 Å². The molecule has 1 aliphatic heterocycles. The summed E-state index contributed by atoms with van der Waals surface area (Å²) in [7, 11) is -3.26. The van der Waals surface area contributed by atoms with Crippen molar-refractivity contribution < 1.29 is 13.2 Å². The van der Waals surface area contributed by atoms with Gasteiger partial charge in [-0.1, -0.05) is 37.5 Å². The maximum absolute atomic E-state index is 12.6. The molecule has 19 heavy (non-hydrogen) atoms. The Balaban J connectivity index is 2.21. The van der Waals surface area contributed by atoms with Crippen LogP contribution in [0.5, 0.6) is 0 Å². The molecule has 2 atom stereocenters. The highest BCUT2D eigenvalue weighted by atomic mass is 32.2. The molecule has 1 fully saturated rings. The molecule has 1 heterocycles. The third-order valence-corrected chi connectivity index (χ3v) is 6.06. The molecule has 1 saturated heterocycles.